The number of Topliss-reactive ketones (excluding diaryl/α,β-unsaturated/α-hetero) is 1. The lowest BCUT2D eigenvalue weighted by molar-refractivity contribution is -0.119. The van der Waals surface area contributed by atoms with Crippen LogP contribution in [0.5, 0.6) is 0 Å². The lowest BCUT2D eigenvalue weighted by Crippen LogP contribution is -2.26. The number of carbonyl (C=O) groups is 1. The molecule has 0 spiro atoms. The van der Waals surface area contributed by atoms with Crippen molar-refractivity contribution in [2.24, 2.45) is 5.73 Å². The molecule has 1 atom stereocenters. The Morgan fingerprint density at radius 1 is 1.36 bits per heavy atom. The molecule has 76 valence electrons. The van der Waals surface area contributed by atoms with Gasteiger partial charge in [-0.25, -0.2) is 0 Å². The molecule has 1 rings (SSSR count). The van der Waals surface area contributed by atoms with Crippen LogP contribution in [0.25, 0.3) is 0 Å². The topological polar surface area (TPSA) is 43.1 Å². The third-order valence-electron chi connectivity index (χ3n) is 2.29. The van der Waals surface area contributed by atoms with E-state index in [0.29, 0.717) is 6.42 Å². The average molecular weight is 191 g/mol. The van der Waals surface area contributed by atoms with E-state index in [4.69, 9.17) is 5.73 Å². The summed E-state index contributed by atoms with van der Waals surface area (Å²) in [6, 6.07) is 7.91. The lowest BCUT2D eigenvalue weighted by Gasteiger charge is -2.04. The molecule has 0 heterocycles. The standard InChI is InChI=1S/C12H17NO/c1-9-3-5-11(6-4-9)7-8-12(14)10(2)13/h3-6,10H,7-8,13H2,1-2H3. The molecular weight excluding hydrogens is 174 g/mol. The number of hydrogen-bond acceptors (Lipinski definition) is 2. The largest absolute Gasteiger partial charge is 0.322 e. The van der Waals surface area contributed by atoms with Gasteiger partial charge in [0.2, 0.25) is 0 Å². The van der Waals surface area contributed by atoms with Crippen molar-refractivity contribution in [3.63, 3.8) is 0 Å². The summed E-state index contributed by atoms with van der Waals surface area (Å²) < 4.78 is 0. The fourth-order valence-electron chi connectivity index (χ4n) is 1.25. The Hall–Kier alpha value is -1.15. The molecule has 2 heteroatoms. The zero-order valence-corrected chi connectivity index (χ0v) is 8.79. The van der Waals surface area contributed by atoms with Gasteiger partial charge in [-0.05, 0) is 25.8 Å². The van der Waals surface area contributed by atoms with E-state index in [1.54, 1.807) is 6.92 Å². The fourth-order valence-corrected chi connectivity index (χ4v) is 1.25. The maximum atomic E-state index is 11.3. The average Bonchev–Trinajstić information content (AvgIpc) is 2.16. The van der Waals surface area contributed by atoms with Crippen molar-refractivity contribution in [2.75, 3.05) is 0 Å². The molecule has 0 aromatic heterocycles. The predicted octanol–water partition coefficient (Wildman–Crippen LogP) is 1.84. The highest BCUT2D eigenvalue weighted by molar-refractivity contribution is 5.83. The van der Waals surface area contributed by atoms with Crippen LogP contribution in [0.3, 0.4) is 0 Å². The summed E-state index contributed by atoms with van der Waals surface area (Å²) in [5.74, 6) is 0.130. The molecule has 0 fully saturated rings. The van der Waals surface area contributed by atoms with E-state index in [9.17, 15) is 4.79 Å². The summed E-state index contributed by atoms with van der Waals surface area (Å²) in [6.45, 7) is 3.79. The van der Waals surface area contributed by atoms with Crippen LogP contribution in [-0.4, -0.2) is 11.8 Å². The normalized spacial score (nSPS) is 12.5. The molecule has 0 amide bonds. The van der Waals surface area contributed by atoms with Gasteiger partial charge < -0.3 is 5.73 Å². The number of hydrogen-bond donors (Lipinski definition) is 1. The molecule has 0 aliphatic carbocycles. The second kappa shape index (κ2) is 4.91. The molecule has 0 radical (unpaired) electrons. The van der Waals surface area contributed by atoms with E-state index < -0.39 is 0 Å². The molecule has 1 aromatic rings. The Morgan fingerprint density at radius 2 is 1.93 bits per heavy atom. The highest BCUT2D eigenvalue weighted by Crippen LogP contribution is 2.06. The van der Waals surface area contributed by atoms with E-state index in [2.05, 4.69) is 31.2 Å². The van der Waals surface area contributed by atoms with Crippen molar-refractivity contribution in [3.8, 4) is 0 Å². The predicted molar refractivity (Wildman–Crippen MR) is 58.2 cm³/mol. The summed E-state index contributed by atoms with van der Waals surface area (Å²) >= 11 is 0. The van der Waals surface area contributed by atoms with Gasteiger partial charge in [0.05, 0.1) is 6.04 Å². The Balaban J connectivity index is 2.46. The van der Waals surface area contributed by atoms with Gasteiger partial charge in [-0.3, -0.25) is 4.79 Å². The first-order valence-corrected chi connectivity index (χ1v) is 4.93. The Morgan fingerprint density at radius 3 is 2.43 bits per heavy atom. The molecule has 0 saturated heterocycles. The van der Waals surface area contributed by atoms with Gasteiger partial charge in [0.15, 0.2) is 0 Å². The van der Waals surface area contributed by atoms with Gasteiger partial charge in [0.1, 0.15) is 5.78 Å². The van der Waals surface area contributed by atoms with Crippen LogP contribution in [0.1, 0.15) is 24.5 Å². The van der Waals surface area contributed by atoms with Gasteiger partial charge in [-0.2, -0.15) is 0 Å². The van der Waals surface area contributed by atoms with Gasteiger partial charge in [-0.15, -0.1) is 0 Å². The van der Waals surface area contributed by atoms with Crippen molar-refractivity contribution < 1.29 is 4.79 Å². The minimum atomic E-state index is -0.333. The van der Waals surface area contributed by atoms with Gasteiger partial charge in [0.25, 0.3) is 0 Å². The first kappa shape index (κ1) is 10.9. The summed E-state index contributed by atoms with van der Waals surface area (Å²) in [5, 5.41) is 0. The van der Waals surface area contributed by atoms with Crippen LogP contribution >= 0.6 is 0 Å². The Labute approximate surface area is 85.1 Å². The number of ketones is 1. The van der Waals surface area contributed by atoms with E-state index >= 15 is 0 Å². The van der Waals surface area contributed by atoms with E-state index in [0.717, 1.165) is 6.42 Å². The van der Waals surface area contributed by atoms with Crippen LogP contribution < -0.4 is 5.73 Å². The molecule has 0 saturated carbocycles. The quantitative estimate of drug-likeness (QED) is 0.789. The molecular formula is C12H17NO. The van der Waals surface area contributed by atoms with Crippen molar-refractivity contribution in [1.82, 2.24) is 0 Å². The Bertz CT molecular complexity index is 301. The monoisotopic (exact) mass is 191 g/mol. The molecule has 0 aliphatic heterocycles. The fraction of sp³-hybridized carbons (Fsp3) is 0.417. The molecule has 14 heavy (non-hydrogen) atoms. The SMILES string of the molecule is Cc1ccc(CCC(=O)C(C)N)cc1. The summed E-state index contributed by atoms with van der Waals surface area (Å²) in [7, 11) is 0. The zero-order valence-electron chi connectivity index (χ0n) is 8.79. The molecule has 0 bridgehead atoms. The molecule has 1 unspecified atom stereocenters. The first-order chi connectivity index (χ1) is 6.59. The number of rotatable bonds is 4. The smallest absolute Gasteiger partial charge is 0.149 e. The van der Waals surface area contributed by atoms with E-state index in [1.165, 1.54) is 11.1 Å². The summed E-state index contributed by atoms with van der Waals surface area (Å²) in [5.41, 5.74) is 7.92. The van der Waals surface area contributed by atoms with Gasteiger partial charge in [0, 0.05) is 6.42 Å². The number of aryl methyl sites for hydroxylation is 2. The highest BCUT2D eigenvalue weighted by Gasteiger charge is 2.06. The van der Waals surface area contributed by atoms with Gasteiger partial charge in [-0.1, -0.05) is 29.8 Å². The third kappa shape index (κ3) is 3.30. The van der Waals surface area contributed by atoms with Crippen molar-refractivity contribution in [1.29, 1.82) is 0 Å². The lowest BCUT2D eigenvalue weighted by atomic mass is 10.0. The van der Waals surface area contributed by atoms with Crippen LogP contribution in [0.4, 0.5) is 0 Å². The van der Waals surface area contributed by atoms with E-state index in [1.807, 2.05) is 0 Å². The van der Waals surface area contributed by atoms with Crippen LogP contribution in [0.2, 0.25) is 0 Å². The summed E-state index contributed by atoms with van der Waals surface area (Å²) in [6.07, 6.45) is 1.33. The van der Waals surface area contributed by atoms with Crippen LogP contribution in [0.15, 0.2) is 24.3 Å². The second-order valence-electron chi connectivity index (χ2n) is 3.74. The minimum absolute atomic E-state index is 0.130. The first-order valence-electron chi connectivity index (χ1n) is 4.93. The molecule has 1 aromatic carbocycles. The minimum Gasteiger partial charge on any atom is -0.322 e. The third-order valence-corrected chi connectivity index (χ3v) is 2.29. The second-order valence-corrected chi connectivity index (χ2v) is 3.74. The molecule has 2 N–H and O–H groups in total. The van der Waals surface area contributed by atoms with Gasteiger partial charge >= 0.3 is 0 Å². The number of benzene rings is 1. The number of carbonyl (C=O) groups excluding carboxylic acids is 1. The van der Waals surface area contributed by atoms with Crippen molar-refractivity contribution in [2.45, 2.75) is 32.7 Å². The van der Waals surface area contributed by atoms with Crippen LogP contribution in [0, 0.1) is 6.92 Å². The van der Waals surface area contributed by atoms with Crippen molar-refractivity contribution >= 4 is 5.78 Å². The van der Waals surface area contributed by atoms with E-state index in [-0.39, 0.29) is 11.8 Å². The molecule has 2 nitrogen and oxygen atoms in total. The maximum Gasteiger partial charge on any atom is 0.149 e. The van der Waals surface area contributed by atoms with Crippen molar-refractivity contribution in [3.05, 3.63) is 35.4 Å². The zero-order chi connectivity index (χ0) is 10.6. The number of nitrogens with two attached hydrogens (primary N) is 1. The maximum absolute atomic E-state index is 11.3. The highest BCUT2D eigenvalue weighted by atomic mass is 16.1. The van der Waals surface area contributed by atoms with Crippen LogP contribution in [-0.2, 0) is 11.2 Å². The molecule has 0 aliphatic rings. The summed E-state index contributed by atoms with van der Waals surface area (Å²) in [4.78, 5) is 11.3. The Kier molecular flexibility index (Phi) is 3.84.